The van der Waals surface area contributed by atoms with Crippen molar-refractivity contribution in [3.63, 3.8) is 0 Å². The van der Waals surface area contributed by atoms with E-state index < -0.39 is 0 Å². The van der Waals surface area contributed by atoms with Gasteiger partial charge in [0.25, 0.3) is 0 Å². The van der Waals surface area contributed by atoms with Gasteiger partial charge in [0, 0.05) is 12.6 Å². The molecule has 0 N–H and O–H groups in total. The zero-order chi connectivity index (χ0) is 10.1. The summed E-state index contributed by atoms with van der Waals surface area (Å²) >= 11 is 0. The van der Waals surface area contributed by atoms with Crippen molar-refractivity contribution in [2.75, 3.05) is 0 Å². The van der Waals surface area contributed by atoms with Gasteiger partial charge in [-0.25, -0.2) is 4.39 Å². The molecule has 0 amide bonds. The third-order valence-corrected chi connectivity index (χ3v) is 2.15. The topological polar surface area (TPSA) is 30.7 Å². The number of aromatic nitrogens is 3. The molecule has 3 nitrogen and oxygen atoms in total. The first-order valence-corrected chi connectivity index (χ1v) is 4.29. The van der Waals surface area contributed by atoms with Gasteiger partial charge in [0.1, 0.15) is 12.1 Å². The van der Waals surface area contributed by atoms with Crippen LogP contribution in [0.25, 0.3) is 11.4 Å². The van der Waals surface area contributed by atoms with Crippen LogP contribution in [0.3, 0.4) is 0 Å². The fourth-order valence-electron chi connectivity index (χ4n) is 1.36. The monoisotopic (exact) mass is 191 g/mol. The van der Waals surface area contributed by atoms with Crippen molar-refractivity contribution in [3.8, 4) is 11.4 Å². The van der Waals surface area contributed by atoms with E-state index in [9.17, 15) is 4.39 Å². The van der Waals surface area contributed by atoms with Crippen molar-refractivity contribution in [1.82, 2.24) is 14.8 Å². The van der Waals surface area contributed by atoms with Gasteiger partial charge in [0.2, 0.25) is 0 Å². The van der Waals surface area contributed by atoms with E-state index in [0.29, 0.717) is 5.82 Å². The molecule has 0 atom stereocenters. The predicted octanol–water partition coefficient (Wildman–Crippen LogP) is 1.93. The van der Waals surface area contributed by atoms with Gasteiger partial charge in [-0.1, -0.05) is 6.07 Å². The summed E-state index contributed by atoms with van der Waals surface area (Å²) in [6, 6.07) is 4.65. The van der Waals surface area contributed by atoms with E-state index in [1.807, 2.05) is 14.0 Å². The molecule has 14 heavy (non-hydrogen) atoms. The van der Waals surface area contributed by atoms with Crippen LogP contribution < -0.4 is 0 Å². The number of nitrogens with zero attached hydrogens (tertiary/aromatic N) is 3. The minimum atomic E-state index is -0.256. The van der Waals surface area contributed by atoms with Crippen molar-refractivity contribution >= 4 is 0 Å². The first-order valence-electron chi connectivity index (χ1n) is 4.29. The normalized spacial score (nSPS) is 10.5. The van der Waals surface area contributed by atoms with Gasteiger partial charge < -0.3 is 4.57 Å². The highest BCUT2D eigenvalue weighted by Gasteiger charge is 2.08. The standard InChI is InChI=1S/C10H10FN3/c1-7-3-4-8(11)5-9(7)10-13-12-6-14(10)2/h3-6H,1-2H3. The number of hydrogen-bond acceptors (Lipinski definition) is 2. The summed E-state index contributed by atoms with van der Waals surface area (Å²) in [5.74, 6) is 0.426. The number of halogens is 1. The lowest BCUT2D eigenvalue weighted by Gasteiger charge is -2.04. The molecule has 1 aromatic carbocycles. The number of benzene rings is 1. The van der Waals surface area contributed by atoms with Crippen LogP contribution in [0.4, 0.5) is 4.39 Å². The lowest BCUT2D eigenvalue weighted by atomic mass is 10.1. The molecule has 0 aliphatic carbocycles. The third-order valence-electron chi connectivity index (χ3n) is 2.15. The van der Waals surface area contributed by atoms with Crippen LogP contribution in [0, 0.1) is 12.7 Å². The Kier molecular flexibility index (Phi) is 2.04. The fraction of sp³-hybridized carbons (Fsp3) is 0.200. The SMILES string of the molecule is Cc1ccc(F)cc1-c1nncn1C. The molecule has 0 unspecified atom stereocenters. The highest BCUT2D eigenvalue weighted by atomic mass is 19.1. The second kappa shape index (κ2) is 3.21. The second-order valence-electron chi connectivity index (χ2n) is 3.22. The molecule has 0 aliphatic heterocycles. The molecule has 2 rings (SSSR count). The first kappa shape index (κ1) is 8.87. The molecule has 0 spiro atoms. The first-order chi connectivity index (χ1) is 6.68. The average Bonchev–Trinajstić information content (AvgIpc) is 2.56. The minimum absolute atomic E-state index is 0.256. The van der Waals surface area contributed by atoms with Crippen LogP contribution in [-0.2, 0) is 7.05 Å². The van der Waals surface area contributed by atoms with Crippen LogP contribution in [0.5, 0.6) is 0 Å². The Morgan fingerprint density at radius 3 is 2.79 bits per heavy atom. The highest BCUT2D eigenvalue weighted by Crippen LogP contribution is 2.21. The maximum Gasteiger partial charge on any atom is 0.163 e. The highest BCUT2D eigenvalue weighted by molar-refractivity contribution is 5.59. The smallest absolute Gasteiger partial charge is 0.163 e. The summed E-state index contributed by atoms with van der Waals surface area (Å²) in [5.41, 5.74) is 1.77. The zero-order valence-electron chi connectivity index (χ0n) is 8.03. The summed E-state index contributed by atoms with van der Waals surface area (Å²) in [7, 11) is 1.83. The van der Waals surface area contributed by atoms with Crippen molar-refractivity contribution in [2.45, 2.75) is 6.92 Å². The van der Waals surface area contributed by atoms with Crippen molar-refractivity contribution in [1.29, 1.82) is 0 Å². The van der Waals surface area contributed by atoms with Gasteiger partial charge in [-0.2, -0.15) is 0 Å². The summed E-state index contributed by atoms with van der Waals surface area (Å²) in [6.45, 7) is 1.92. The Bertz CT molecular complexity index is 462. The van der Waals surface area contributed by atoms with Gasteiger partial charge in [0.05, 0.1) is 0 Å². The Hall–Kier alpha value is -1.71. The predicted molar refractivity (Wildman–Crippen MR) is 51.1 cm³/mol. The van der Waals surface area contributed by atoms with Gasteiger partial charge >= 0.3 is 0 Å². The van der Waals surface area contributed by atoms with Crippen molar-refractivity contribution in [3.05, 3.63) is 35.9 Å². The molecule has 1 heterocycles. The Morgan fingerprint density at radius 1 is 1.36 bits per heavy atom. The minimum Gasteiger partial charge on any atom is -0.317 e. The summed E-state index contributed by atoms with van der Waals surface area (Å²) in [4.78, 5) is 0. The number of hydrogen-bond donors (Lipinski definition) is 0. The molecule has 4 heteroatoms. The van der Waals surface area contributed by atoms with Crippen LogP contribution in [0.2, 0.25) is 0 Å². The van der Waals surface area contributed by atoms with Crippen molar-refractivity contribution in [2.24, 2.45) is 7.05 Å². The molecular weight excluding hydrogens is 181 g/mol. The lowest BCUT2D eigenvalue weighted by molar-refractivity contribution is 0.627. The van der Waals surface area contributed by atoms with Crippen LogP contribution in [0.15, 0.2) is 24.5 Å². The fourth-order valence-corrected chi connectivity index (χ4v) is 1.36. The third kappa shape index (κ3) is 1.39. The Morgan fingerprint density at radius 2 is 2.14 bits per heavy atom. The molecular formula is C10H10FN3. The molecule has 72 valence electrons. The molecule has 0 saturated heterocycles. The molecule has 1 aromatic heterocycles. The average molecular weight is 191 g/mol. The van der Waals surface area contributed by atoms with E-state index in [2.05, 4.69) is 10.2 Å². The van der Waals surface area contributed by atoms with Gasteiger partial charge in [-0.15, -0.1) is 10.2 Å². The Balaban J connectivity index is 2.62. The maximum atomic E-state index is 13.0. The summed E-state index contributed by atoms with van der Waals surface area (Å²) < 4.78 is 14.8. The molecule has 0 fully saturated rings. The van der Waals surface area contributed by atoms with Gasteiger partial charge in [-0.3, -0.25) is 0 Å². The van der Waals surface area contributed by atoms with E-state index in [-0.39, 0.29) is 5.82 Å². The molecule has 2 aromatic rings. The van der Waals surface area contributed by atoms with E-state index in [1.165, 1.54) is 12.1 Å². The lowest BCUT2D eigenvalue weighted by Crippen LogP contribution is -1.94. The number of rotatable bonds is 1. The summed E-state index contributed by atoms with van der Waals surface area (Å²) in [5, 5.41) is 7.69. The Labute approximate surface area is 81.2 Å². The molecule has 0 bridgehead atoms. The van der Waals surface area contributed by atoms with Crippen LogP contribution in [0.1, 0.15) is 5.56 Å². The van der Waals surface area contributed by atoms with E-state index in [4.69, 9.17) is 0 Å². The van der Waals surface area contributed by atoms with Gasteiger partial charge in [0.15, 0.2) is 5.82 Å². The van der Waals surface area contributed by atoms with E-state index in [1.54, 1.807) is 17.0 Å². The van der Waals surface area contributed by atoms with E-state index in [0.717, 1.165) is 11.1 Å². The van der Waals surface area contributed by atoms with Crippen molar-refractivity contribution < 1.29 is 4.39 Å². The van der Waals surface area contributed by atoms with Gasteiger partial charge in [-0.05, 0) is 24.6 Å². The van der Waals surface area contributed by atoms with Crippen LogP contribution in [-0.4, -0.2) is 14.8 Å². The largest absolute Gasteiger partial charge is 0.317 e. The van der Waals surface area contributed by atoms with E-state index >= 15 is 0 Å². The molecule has 0 saturated carbocycles. The second-order valence-corrected chi connectivity index (χ2v) is 3.22. The quantitative estimate of drug-likeness (QED) is 0.689. The van der Waals surface area contributed by atoms with Crippen LogP contribution >= 0.6 is 0 Å². The summed E-state index contributed by atoms with van der Waals surface area (Å²) in [6.07, 6.45) is 1.60. The molecule has 0 aliphatic rings. The zero-order valence-corrected chi connectivity index (χ0v) is 8.03. The molecule has 0 radical (unpaired) electrons. The maximum absolute atomic E-state index is 13.0. The number of aryl methyl sites for hydroxylation is 2.